The van der Waals surface area contributed by atoms with Gasteiger partial charge in [0.1, 0.15) is 5.92 Å². The van der Waals surface area contributed by atoms with E-state index in [1.165, 1.54) is 6.92 Å². The Morgan fingerprint density at radius 2 is 2.10 bits per heavy atom. The molecule has 6 nitrogen and oxygen atoms in total. The van der Waals surface area contributed by atoms with Crippen LogP contribution in [0, 0.1) is 11.8 Å². The molecule has 0 saturated carbocycles. The summed E-state index contributed by atoms with van der Waals surface area (Å²) >= 11 is 0. The topological polar surface area (TPSA) is 92.5 Å². The maximum absolute atomic E-state index is 12.1. The Bertz CT molecular complexity index is 371. The molecule has 2 unspecified atom stereocenters. The molecule has 114 valence electrons. The maximum atomic E-state index is 12.1. The number of unbranched alkanes of at least 4 members (excludes halogenated alkanes) is 1. The standard InChI is InChI=1S/C14H25N3O3/c1-3-4-7-16-13(19)11-6-5-8-17(9-11)14(20)10(2)12(15)18/h10-11H,3-9H2,1-2H3,(H2,15,18)(H,16,19). The van der Waals surface area contributed by atoms with Crippen molar-refractivity contribution in [1.29, 1.82) is 0 Å². The Hall–Kier alpha value is -1.59. The Balaban J connectivity index is 2.51. The zero-order valence-corrected chi connectivity index (χ0v) is 12.4. The van der Waals surface area contributed by atoms with E-state index in [4.69, 9.17) is 5.73 Å². The number of nitrogens with zero attached hydrogens (tertiary/aromatic N) is 1. The highest BCUT2D eigenvalue weighted by Gasteiger charge is 2.31. The average Bonchev–Trinajstić information content (AvgIpc) is 2.45. The number of nitrogens with two attached hydrogens (primary N) is 1. The highest BCUT2D eigenvalue weighted by molar-refractivity contribution is 5.99. The molecule has 20 heavy (non-hydrogen) atoms. The minimum Gasteiger partial charge on any atom is -0.369 e. The van der Waals surface area contributed by atoms with Crippen LogP contribution in [0.5, 0.6) is 0 Å². The second kappa shape index (κ2) is 7.87. The molecule has 0 aliphatic carbocycles. The van der Waals surface area contributed by atoms with E-state index in [-0.39, 0.29) is 17.7 Å². The fourth-order valence-electron chi connectivity index (χ4n) is 2.32. The van der Waals surface area contributed by atoms with Crippen LogP contribution in [0.15, 0.2) is 0 Å². The molecule has 0 spiro atoms. The third-order valence-electron chi connectivity index (χ3n) is 3.73. The van der Waals surface area contributed by atoms with Gasteiger partial charge < -0.3 is 16.0 Å². The molecule has 1 saturated heterocycles. The summed E-state index contributed by atoms with van der Waals surface area (Å²) in [6.45, 7) is 5.23. The predicted octanol–water partition coefficient (Wildman–Crippen LogP) is 0.263. The van der Waals surface area contributed by atoms with E-state index in [1.54, 1.807) is 4.90 Å². The first-order chi connectivity index (χ1) is 9.47. The summed E-state index contributed by atoms with van der Waals surface area (Å²) in [7, 11) is 0. The lowest BCUT2D eigenvalue weighted by Crippen LogP contribution is -2.48. The van der Waals surface area contributed by atoms with Gasteiger partial charge in [-0.15, -0.1) is 0 Å². The minimum absolute atomic E-state index is 0.00248. The van der Waals surface area contributed by atoms with E-state index >= 15 is 0 Å². The van der Waals surface area contributed by atoms with Crippen molar-refractivity contribution in [2.45, 2.75) is 39.5 Å². The van der Waals surface area contributed by atoms with Crippen LogP contribution in [0.25, 0.3) is 0 Å². The number of carbonyl (C=O) groups excluding carboxylic acids is 3. The maximum Gasteiger partial charge on any atom is 0.234 e. The van der Waals surface area contributed by atoms with Gasteiger partial charge in [-0.25, -0.2) is 0 Å². The summed E-state index contributed by atoms with van der Waals surface area (Å²) in [6.07, 6.45) is 3.56. The molecule has 2 atom stereocenters. The van der Waals surface area contributed by atoms with Crippen LogP contribution in [-0.2, 0) is 14.4 Å². The number of hydrogen-bond acceptors (Lipinski definition) is 3. The molecular formula is C14H25N3O3. The van der Waals surface area contributed by atoms with Crippen LogP contribution in [0.3, 0.4) is 0 Å². The number of nitrogens with one attached hydrogen (secondary N) is 1. The molecule has 1 heterocycles. The zero-order chi connectivity index (χ0) is 15.1. The van der Waals surface area contributed by atoms with Gasteiger partial charge in [-0.2, -0.15) is 0 Å². The van der Waals surface area contributed by atoms with Crippen LogP contribution in [0.2, 0.25) is 0 Å². The van der Waals surface area contributed by atoms with Crippen LogP contribution >= 0.6 is 0 Å². The predicted molar refractivity (Wildman–Crippen MR) is 75.6 cm³/mol. The van der Waals surface area contributed by atoms with Gasteiger partial charge in [0.25, 0.3) is 0 Å². The van der Waals surface area contributed by atoms with Crippen LogP contribution in [0.1, 0.15) is 39.5 Å². The van der Waals surface area contributed by atoms with Crippen molar-refractivity contribution in [3.63, 3.8) is 0 Å². The van der Waals surface area contributed by atoms with Crippen molar-refractivity contribution in [3.05, 3.63) is 0 Å². The van der Waals surface area contributed by atoms with E-state index in [0.717, 1.165) is 25.7 Å². The van der Waals surface area contributed by atoms with E-state index in [0.29, 0.717) is 19.6 Å². The van der Waals surface area contributed by atoms with Gasteiger partial charge in [0.05, 0.1) is 5.92 Å². The van der Waals surface area contributed by atoms with Gasteiger partial charge >= 0.3 is 0 Å². The lowest BCUT2D eigenvalue weighted by Gasteiger charge is -2.33. The van der Waals surface area contributed by atoms with Gasteiger partial charge in [-0.3, -0.25) is 14.4 Å². The van der Waals surface area contributed by atoms with Crippen LogP contribution in [-0.4, -0.2) is 42.3 Å². The van der Waals surface area contributed by atoms with E-state index < -0.39 is 11.8 Å². The quantitative estimate of drug-likeness (QED) is 0.541. The normalized spacial score (nSPS) is 20.3. The number of piperidine rings is 1. The van der Waals surface area contributed by atoms with Crippen molar-refractivity contribution < 1.29 is 14.4 Å². The number of hydrogen-bond donors (Lipinski definition) is 2. The molecule has 0 aromatic rings. The molecule has 0 radical (unpaired) electrons. The molecular weight excluding hydrogens is 258 g/mol. The third kappa shape index (κ3) is 4.51. The summed E-state index contributed by atoms with van der Waals surface area (Å²) < 4.78 is 0. The van der Waals surface area contributed by atoms with Gasteiger partial charge in [-0.05, 0) is 26.2 Å². The Morgan fingerprint density at radius 3 is 2.70 bits per heavy atom. The van der Waals surface area contributed by atoms with E-state index in [9.17, 15) is 14.4 Å². The molecule has 3 N–H and O–H groups in total. The van der Waals surface area contributed by atoms with Crippen molar-refractivity contribution in [2.75, 3.05) is 19.6 Å². The first-order valence-corrected chi connectivity index (χ1v) is 7.33. The molecule has 0 aromatic heterocycles. The number of rotatable bonds is 6. The summed E-state index contributed by atoms with van der Waals surface area (Å²) in [5.74, 6) is -1.89. The second-order valence-electron chi connectivity index (χ2n) is 5.39. The minimum atomic E-state index is -0.822. The molecule has 0 aromatic carbocycles. The van der Waals surface area contributed by atoms with Gasteiger partial charge in [-0.1, -0.05) is 13.3 Å². The fraction of sp³-hybridized carbons (Fsp3) is 0.786. The highest BCUT2D eigenvalue weighted by Crippen LogP contribution is 2.18. The zero-order valence-electron chi connectivity index (χ0n) is 12.4. The third-order valence-corrected chi connectivity index (χ3v) is 3.73. The number of likely N-dealkylation sites (tertiary alicyclic amines) is 1. The first-order valence-electron chi connectivity index (χ1n) is 7.33. The molecule has 1 rings (SSSR count). The summed E-state index contributed by atoms with van der Waals surface area (Å²) in [6, 6.07) is 0. The lowest BCUT2D eigenvalue weighted by molar-refractivity contribution is -0.142. The molecule has 6 heteroatoms. The lowest BCUT2D eigenvalue weighted by atomic mass is 9.95. The van der Waals surface area contributed by atoms with E-state index in [2.05, 4.69) is 12.2 Å². The van der Waals surface area contributed by atoms with E-state index in [1.807, 2.05) is 0 Å². The Labute approximate surface area is 120 Å². The summed E-state index contributed by atoms with van der Waals surface area (Å²) in [4.78, 5) is 36.7. The fourth-order valence-corrected chi connectivity index (χ4v) is 2.32. The highest BCUT2D eigenvalue weighted by atomic mass is 16.2. The number of primary amides is 1. The molecule has 1 aliphatic heterocycles. The van der Waals surface area contributed by atoms with Crippen molar-refractivity contribution in [3.8, 4) is 0 Å². The van der Waals surface area contributed by atoms with Gasteiger partial charge in [0.2, 0.25) is 17.7 Å². The average molecular weight is 283 g/mol. The smallest absolute Gasteiger partial charge is 0.234 e. The first kappa shape index (κ1) is 16.5. The number of amides is 3. The van der Waals surface area contributed by atoms with Gasteiger partial charge in [0, 0.05) is 19.6 Å². The largest absolute Gasteiger partial charge is 0.369 e. The number of carbonyl (C=O) groups is 3. The van der Waals surface area contributed by atoms with Crippen LogP contribution in [0.4, 0.5) is 0 Å². The Kier molecular flexibility index (Phi) is 6.48. The molecule has 3 amide bonds. The monoisotopic (exact) mass is 283 g/mol. The second-order valence-corrected chi connectivity index (χ2v) is 5.39. The summed E-state index contributed by atoms with van der Waals surface area (Å²) in [5, 5.41) is 2.90. The molecule has 1 aliphatic rings. The Morgan fingerprint density at radius 1 is 1.40 bits per heavy atom. The van der Waals surface area contributed by atoms with Crippen molar-refractivity contribution in [1.82, 2.24) is 10.2 Å². The molecule has 0 bridgehead atoms. The van der Waals surface area contributed by atoms with Gasteiger partial charge in [0.15, 0.2) is 0 Å². The van der Waals surface area contributed by atoms with Crippen molar-refractivity contribution in [2.24, 2.45) is 17.6 Å². The van der Waals surface area contributed by atoms with Crippen molar-refractivity contribution >= 4 is 17.7 Å². The SMILES string of the molecule is CCCCNC(=O)C1CCCN(C(=O)C(C)C(N)=O)C1. The molecule has 1 fully saturated rings. The van der Waals surface area contributed by atoms with Crippen LogP contribution < -0.4 is 11.1 Å². The summed E-state index contributed by atoms with van der Waals surface area (Å²) in [5.41, 5.74) is 5.15.